The van der Waals surface area contributed by atoms with E-state index in [-0.39, 0.29) is 6.10 Å². The molecule has 0 spiro atoms. The molecular weight excluding hydrogens is 220 g/mol. The largest absolute Gasteiger partial charge is 0.386 e. The standard InChI is InChI=1S/C12H20N2OS/c1-8-9(2)16-12(14-8)11(15)7-10-3-5-13-6-4-10/h10-11,13,15H,3-7H2,1-2H3. The summed E-state index contributed by atoms with van der Waals surface area (Å²) >= 11 is 1.63. The first kappa shape index (κ1) is 12.0. The lowest BCUT2D eigenvalue weighted by atomic mass is 9.92. The maximum absolute atomic E-state index is 10.1. The number of piperidine rings is 1. The molecule has 0 bridgehead atoms. The molecule has 1 fully saturated rings. The van der Waals surface area contributed by atoms with E-state index >= 15 is 0 Å². The molecule has 0 amide bonds. The minimum atomic E-state index is -0.361. The fourth-order valence-electron chi connectivity index (χ4n) is 2.17. The Balaban J connectivity index is 1.93. The van der Waals surface area contributed by atoms with E-state index in [0.717, 1.165) is 30.2 Å². The molecule has 1 saturated heterocycles. The van der Waals surface area contributed by atoms with Gasteiger partial charge in [0.25, 0.3) is 0 Å². The van der Waals surface area contributed by atoms with E-state index in [0.29, 0.717) is 5.92 Å². The van der Waals surface area contributed by atoms with Crippen LogP contribution in [0.3, 0.4) is 0 Å². The second kappa shape index (κ2) is 5.25. The monoisotopic (exact) mass is 240 g/mol. The second-order valence-corrected chi connectivity index (χ2v) is 5.87. The molecule has 1 aromatic rings. The zero-order valence-electron chi connectivity index (χ0n) is 9.99. The molecule has 90 valence electrons. The highest BCUT2D eigenvalue weighted by atomic mass is 32.1. The Morgan fingerprint density at radius 3 is 2.69 bits per heavy atom. The third kappa shape index (κ3) is 2.81. The summed E-state index contributed by atoms with van der Waals surface area (Å²) in [6.45, 7) is 6.25. The average Bonchev–Trinajstić information content (AvgIpc) is 2.61. The topological polar surface area (TPSA) is 45.2 Å². The maximum atomic E-state index is 10.1. The number of aromatic nitrogens is 1. The molecule has 1 aromatic heterocycles. The van der Waals surface area contributed by atoms with Crippen molar-refractivity contribution >= 4 is 11.3 Å². The van der Waals surface area contributed by atoms with Crippen molar-refractivity contribution < 1.29 is 5.11 Å². The molecule has 0 radical (unpaired) electrons. The van der Waals surface area contributed by atoms with Crippen LogP contribution in [-0.2, 0) is 0 Å². The van der Waals surface area contributed by atoms with Gasteiger partial charge in [-0.05, 0) is 52.1 Å². The number of nitrogens with one attached hydrogen (secondary N) is 1. The summed E-state index contributed by atoms with van der Waals surface area (Å²) < 4.78 is 0. The minimum Gasteiger partial charge on any atom is -0.386 e. The first-order chi connectivity index (χ1) is 7.66. The lowest BCUT2D eigenvalue weighted by Crippen LogP contribution is -2.28. The van der Waals surface area contributed by atoms with E-state index in [1.54, 1.807) is 11.3 Å². The SMILES string of the molecule is Cc1nc(C(O)CC2CCNCC2)sc1C. The van der Waals surface area contributed by atoms with Crippen LogP contribution in [0.1, 0.15) is 40.9 Å². The Hall–Kier alpha value is -0.450. The van der Waals surface area contributed by atoms with Gasteiger partial charge in [-0.3, -0.25) is 0 Å². The van der Waals surface area contributed by atoms with Gasteiger partial charge in [0.15, 0.2) is 0 Å². The summed E-state index contributed by atoms with van der Waals surface area (Å²) in [5.41, 5.74) is 1.06. The van der Waals surface area contributed by atoms with Gasteiger partial charge in [-0.25, -0.2) is 4.98 Å². The Bertz CT molecular complexity index is 325. The molecular formula is C12H20N2OS. The van der Waals surface area contributed by atoms with Gasteiger partial charge in [0.1, 0.15) is 11.1 Å². The molecule has 1 unspecified atom stereocenters. The molecule has 1 atom stereocenters. The molecule has 0 saturated carbocycles. The average molecular weight is 240 g/mol. The van der Waals surface area contributed by atoms with E-state index in [2.05, 4.69) is 17.2 Å². The Kier molecular flexibility index (Phi) is 3.95. The summed E-state index contributed by atoms with van der Waals surface area (Å²) in [7, 11) is 0. The van der Waals surface area contributed by atoms with Gasteiger partial charge in [0.2, 0.25) is 0 Å². The predicted octanol–water partition coefficient (Wildman–Crippen LogP) is 2.18. The molecule has 2 heterocycles. The summed E-state index contributed by atoms with van der Waals surface area (Å²) in [4.78, 5) is 5.65. The number of aliphatic hydroxyl groups excluding tert-OH is 1. The van der Waals surface area contributed by atoms with E-state index in [1.807, 2.05) is 6.92 Å². The Morgan fingerprint density at radius 1 is 1.44 bits per heavy atom. The fourth-order valence-corrected chi connectivity index (χ4v) is 3.10. The van der Waals surface area contributed by atoms with Crippen molar-refractivity contribution in [2.75, 3.05) is 13.1 Å². The van der Waals surface area contributed by atoms with E-state index < -0.39 is 0 Å². The normalized spacial score (nSPS) is 19.9. The van der Waals surface area contributed by atoms with Crippen molar-refractivity contribution in [3.05, 3.63) is 15.6 Å². The zero-order chi connectivity index (χ0) is 11.5. The van der Waals surface area contributed by atoms with Gasteiger partial charge >= 0.3 is 0 Å². The van der Waals surface area contributed by atoms with Crippen LogP contribution in [0.4, 0.5) is 0 Å². The van der Waals surface area contributed by atoms with Crippen LogP contribution in [0.25, 0.3) is 0 Å². The van der Waals surface area contributed by atoms with E-state index in [9.17, 15) is 5.11 Å². The van der Waals surface area contributed by atoms with Gasteiger partial charge in [-0.1, -0.05) is 0 Å². The van der Waals surface area contributed by atoms with Crippen molar-refractivity contribution in [3.8, 4) is 0 Å². The third-order valence-electron chi connectivity index (χ3n) is 3.35. The van der Waals surface area contributed by atoms with Crippen molar-refractivity contribution in [1.29, 1.82) is 0 Å². The summed E-state index contributed by atoms with van der Waals surface area (Å²) in [5, 5.41) is 14.4. The number of aliphatic hydroxyl groups is 1. The molecule has 2 N–H and O–H groups in total. The minimum absolute atomic E-state index is 0.361. The lowest BCUT2D eigenvalue weighted by molar-refractivity contribution is 0.133. The highest BCUT2D eigenvalue weighted by molar-refractivity contribution is 7.11. The zero-order valence-corrected chi connectivity index (χ0v) is 10.8. The quantitative estimate of drug-likeness (QED) is 0.851. The number of hydrogen-bond donors (Lipinski definition) is 2. The van der Waals surface area contributed by atoms with Crippen molar-refractivity contribution in [1.82, 2.24) is 10.3 Å². The first-order valence-corrected chi connectivity index (χ1v) is 6.81. The van der Waals surface area contributed by atoms with Crippen LogP contribution in [0, 0.1) is 19.8 Å². The molecule has 16 heavy (non-hydrogen) atoms. The van der Waals surface area contributed by atoms with E-state index in [4.69, 9.17) is 0 Å². The van der Waals surface area contributed by atoms with Crippen LogP contribution < -0.4 is 5.32 Å². The number of aryl methyl sites for hydroxylation is 2. The predicted molar refractivity (Wildman–Crippen MR) is 66.8 cm³/mol. The van der Waals surface area contributed by atoms with Gasteiger partial charge < -0.3 is 10.4 Å². The van der Waals surface area contributed by atoms with Gasteiger partial charge in [0, 0.05) is 4.88 Å². The molecule has 1 aliphatic rings. The van der Waals surface area contributed by atoms with Crippen LogP contribution >= 0.6 is 11.3 Å². The molecule has 3 nitrogen and oxygen atoms in total. The van der Waals surface area contributed by atoms with Crippen molar-refractivity contribution in [2.45, 2.75) is 39.2 Å². The highest BCUT2D eigenvalue weighted by Gasteiger charge is 2.20. The summed E-state index contributed by atoms with van der Waals surface area (Å²) in [6.07, 6.45) is 2.87. The van der Waals surface area contributed by atoms with Gasteiger partial charge in [-0.2, -0.15) is 0 Å². The molecule has 4 heteroatoms. The smallest absolute Gasteiger partial charge is 0.122 e. The highest BCUT2D eigenvalue weighted by Crippen LogP contribution is 2.29. The molecule has 2 rings (SSSR count). The number of hydrogen-bond acceptors (Lipinski definition) is 4. The Morgan fingerprint density at radius 2 is 2.12 bits per heavy atom. The van der Waals surface area contributed by atoms with Crippen LogP contribution in [0.5, 0.6) is 0 Å². The fraction of sp³-hybridized carbons (Fsp3) is 0.750. The van der Waals surface area contributed by atoms with Gasteiger partial charge in [0.05, 0.1) is 5.69 Å². The van der Waals surface area contributed by atoms with Crippen molar-refractivity contribution in [2.24, 2.45) is 5.92 Å². The number of rotatable bonds is 3. The number of nitrogens with zero attached hydrogens (tertiary/aromatic N) is 1. The van der Waals surface area contributed by atoms with Crippen molar-refractivity contribution in [3.63, 3.8) is 0 Å². The van der Waals surface area contributed by atoms with Gasteiger partial charge in [-0.15, -0.1) is 11.3 Å². The summed E-state index contributed by atoms with van der Waals surface area (Å²) in [6, 6.07) is 0. The molecule has 1 aliphatic heterocycles. The number of thiazole rings is 1. The first-order valence-electron chi connectivity index (χ1n) is 5.99. The second-order valence-electron chi connectivity index (χ2n) is 4.64. The molecule has 0 aliphatic carbocycles. The van der Waals surface area contributed by atoms with Crippen LogP contribution in [-0.4, -0.2) is 23.2 Å². The van der Waals surface area contributed by atoms with Crippen LogP contribution in [0.2, 0.25) is 0 Å². The van der Waals surface area contributed by atoms with E-state index in [1.165, 1.54) is 17.7 Å². The van der Waals surface area contributed by atoms with Crippen LogP contribution in [0.15, 0.2) is 0 Å². The lowest BCUT2D eigenvalue weighted by Gasteiger charge is -2.24. The summed E-state index contributed by atoms with van der Waals surface area (Å²) in [5.74, 6) is 0.653. The molecule has 0 aromatic carbocycles. The Labute approximate surface area is 101 Å². The maximum Gasteiger partial charge on any atom is 0.122 e. The third-order valence-corrected chi connectivity index (χ3v) is 4.52.